The van der Waals surface area contributed by atoms with Crippen LogP contribution in [-0.4, -0.2) is 38.2 Å². The highest BCUT2D eigenvalue weighted by atomic mass is 16.5. The van der Waals surface area contributed by atoms with Crippen LogP contribution in [0.25, 0.3) is 0 Å². The molecule has 3 rings (SSSR count). The van der Waals surface area contributed by atoms with E-state index in [1.807, 2.05) is 43.3 Å². The van der Waals surface area contributed by atoms with Crippen molar-refractivity contribution in [1.82, 2.24) is 5.32 Å². The Balaban J connectivity index is 1.59. The summed E-state index contributed by atoms with van der Waals surface area (Å²) in [5, 5.41) is 5.61. The first-order valence-corrected chi connectivity index (χ1v) is 8.84. The Kier molecular flexibility index (Phi) is 5.80. The molecule has 0 unspecified atom stereocenters. The molecule has 1 atom stereocenters. The van der Waals surface area contributed by atoms with Crippen LogP contribution in [0.3, 0.4) is 0 Å². The number of benzene rings is 2. The van der Waals surface area contributed by atoms with Crippen molar-refractivity contribution in [3.63, 3.8) is 0 Å². The van der Waals surface area contributed by atoms with Crippen molar-refractivity contribution in [3.05, 3.63) is 48.5 Å². The molecule has 0 aliphatic carbocycles. The summed E-state index contributed by atoms with van der Waals surface area (Å²) in [4.78, 5) is 26.3. The van der Waals surface area contributed by atoms with E-state index < -0.39 is 0 Å². The summed E-state index contributed by atoms with van der Waals surface area (Å²) >= 11 is 0. The highest BCUT2D eigenvalue weighted by Crippen LogP contribution is 2.25. The zero-order valence-corrected chi connectivity index (χ0v) is 15.4. The molecule has 2 aromatic rings. The molecular formula is C20H23N3O4. The van der Waals surface area contributed by atoms with Gasteiger partial charge >= 0.3 is 6.03 Å². The van der Waals surface area contributed by atoms with Crippen LogP contribution in [0.15, 0.2) is 48.5 Å². The number of urea groups is 1. The number of anilines is 2. The van der Waals surface area contributed by atoms with Gasteiger partial charge < -0.3 is 25.0 Å². The first kappa shape index (κ1) is 18.6. The third-order valence-electron chi connectivity index (χ3n) is 4.27. The van der Waals surface area contributed by atoms with Crippen molar-refractivity contribution in [2.45, 2.75) is 19.4 Å². The van der Waals surface area contributed by atoms with Gasteiger partial charge in [-0.25, -0.2) is 4.79 Å². The van der Waals surface area contributed by atoms with Crippen LogP contribution >= 0.6 is 0 Å². The van der Waals surface area contributed by atoms with Crippen LogP contribution in [0.5, 0.6) is 11.5 Å². The van der Waals surface area contributed by atoms with Gasteiger partial charge in [0, 0.05) is 18.7 Å². The first-order chi connectivity index (χ1) is 13.1. The van der Waals surface area contributed by atoms with Crippen LogP contribution in [0.4, 0.5) is 16.2 Å². The van der Waals surface area contributed by atoms with Gasteiger partial charge in [0.05, 0.1) is 25.4 Å². The molecule has 1 fully saturated rings. The van der Waals surface area contributed by atoms with Crippen molar-refractivity contribution in [2.75, 3.05) is 30.5 Å². The molecule has 3 amide bonds. The van der Waals surface area contributed by atoms with Crippen molar-refractivity contribution in [3.8, 4) is 11.5 Å². The fourth-order valence-corrected chi connectivity index (χ4v) is 3.03. The van der Waals surface area contributed by atoms with Gasteiger partial charge in [0.1, 0.15) is 11.5 Å². The number of nitrogens with zero attached hydrogens (tertiary/aromatic N) is 1. The average Bonchev–Trinajstić information content (AvgIpc) is 3.03. The highest BCUT2D eigenvalue weighted by molar-refractivity contribution is 5.98. The third kappa shape index (κ3) is 4.49. The van der Waals surface area contributed by atoms with E-state index in [1.165, 1.54) is 0 Å². The SMILES string of the molecule is CCOc1ccc(N2C[C@@H](NC(=O)Nc3ccccc3OC)CC2=O)cc1. The molecule has 2 N–H and O–H groups in total. The minimum absolute atomic E-state index is 0.0262. The summed E-state index contributed by atoms with van der Waals surface area (Å²) in [5.74, 6) is 1.31. The van der Waals surface area contributed by atoms with Crippen molar-refractivity contribution >= 4 is 23.3 Å². The normalized spacial score (nSPS) is 16.1. The van der Waals surface area contributed by atoms with E-state index in [0.717, 1.165) is 11.4 Å². The Hall–Kier alpha value is -3.22. The summed E-state index contributed by atoms with van der Waals surface area (Å²) in [6.45, 7) is 2.94. The molecule has 2 aromatic carbocycles. The average molecular weight is 369 g/mol. The molecule has 0 spiro atoms. The minimum atomic E-state index is -0.370. The number of hydrogen-bond acceptors (Lipinski definition) is 4. The van der Waals surface area contributed by atoms with E-state index in [9.17, 15) is 9.59 Å². The Bertz CT molecular complexity index is 807. The summed E-state index contributed by atoms with van der Waals surface area (Å²) in [6.07, 6.45) is 0.257. The summed E-state index contributed by atoms with van der Waals surface area (Å²) in [5.41, 5.74) is 1.36. The summed E-state index contributed by atoms with van der Waals surface area (Å²) in [6, 6.07) is 13.9. The molecule has 0 aromatic heterocycles. The number of para-hydroxylation sites is 2. The Morgan fingerprint density at radius 1 is 1.19 bits per heavy atom. The van der Waals surface area contributed by atoms with Gasteiger partial charge in [-0.05, 0) is 43.3 Å². The van der Waals surface area contributed by atoms with Crippen molar-refractivity contribution < 1.29 is 19.1 Å². The van der Waals surface area contributed by atoms with Gasteiger partial charge in [-0.2, -0.15) is 0 Å². The van der Waals surface area contributed by atoms with Crippen LogP contribution in [0.1, 0.15) is 13.3 Å². The minimum Gasteiger partial charge on any atom is -0.495 e. The maximum Gasteiger partial charge on any atom is 0.319 e. The number of carbonyl (C=O) groups excluding carboxylic acids is 2. The maximum absolute atomic E-state index is 12.3. The van der Waals surface area contributed by atoms with Gasteiger partial charge in [0.25, 0.3) is 0 Å². The summed E-state index contributed by atoms with van der Waals surface area (Å²) in [7, 11) is 1.54. The highest BCUT2D eigenvalue weighted by Gasteiger charge is 2.31. The second kappa shape index (κ2) is 8.44. The standard InChI is InChI=1S/C20H23N3O4/c1-3-27-16-10-8-15(9-11-16)23-13-14(12-19(23)24)21-20(25)22-17-6-4-5-7-18(17)26-2/h4-11,14H,3,12-13H2,1-2H3,(H2,21,22,25)/t14-/m0/s1. The van der Waals surface area contributed by atoms with Crippen molar-refractivity contribution in [1.29, 1.82) is 0 Å². The first-order valence-electron chi connectivity index (χ1n) is 8.84. The van der Waals surface area contributed by atoms with Gasteiger partial charge in [0.2, 0.25) is 5.91 Å². The Labute approximate surface area is 158 Å². The molecule has 27 heavy (non-hydrogen) atoms. The van der Waals surface area contributed by atoms with Crippen LogP contribution in [0.2, 0.25) is 0 Å². The second-order valence-electron chi connectivity index (χ2n) is 6.13. The molecule has 1 saturated heterocycles. The van der Waals surface area contributed by atoms with E-state index in [0.29, 0.717) is 24.6 Å². The molecular weight excluding hydrogens is 346 g/mol. The second-order valence-corrected chi connectivity index (χ2v) is 6.13. The van der Waals surface area contributed by atoms with E-state index in [2.05, 4.69) is 10.6 Å². The number of nitrogens with one attached hydrogen (secondary N) is 2. The van der Waals surface area contributed by atoms with Gasteiger partial charge in [-0.15, -0.1) is 0 Å². The molecule has 1 aliphatic rings. The van der Waals surface area contributed by atoms with Crippen LogP contribution in [-0.2, 0) is 4.79 Å². The van der Waals surface area contributed by atoms with Crippen LogP contribution < -0.4 is 25.0 Å². The third-order valence-corrected chi connectivity index (χ3v) is 4.27. The number of ether oxygens (including phenoxy) is 2. The molecule has 0 radical (unpaired) electrons. The largest absolute Gasteiger partial charge is 0.495 e. The van der Waals surface area contributed by atoms with E-state index >= 15 is 0 Å². The Morgan fingerprint density at radius 3 is 2.63 bits per heavy atom. The fourth-order valence-electron chi connectivity index (χ4n) is 3.03. The fraction of sp³-hybridized carbons (Fsp3) is 0.300. The predicted molar refractivity (Wildman–Crippen MR) is 104 cm³/mol. The molecule has 0 saturated carbocycles. The predicted octanol–water partition coefficient (Wildman–Crippen LogP) is 3.02. The zero-order valence-electron chi connectivity index (χ0n) is 15.4. The summed E-state index contributed by atoms with van der Waals surface area (Å²) < 4.78 is 10.6. The van der Waals surface area contributed by atoms with Gasteiger partial charge in [-0.1, -0.05) is 12.1 Å². The lowest BCUT2D eigenvalue weighted by Gasteiger charge is -2.18. The number of hydrogen-bond donors (Lipinski definition) is 2. The number of methoxy groups -OCH3 is 1. The van der Waals surface area contributed by atoms with Crippen molar-refractivity contribution in [2.24, 2.45) is 0 Å². The maximum atomic E-state index is 12.3. The van der Waals surface area contributed by atoms with Gasteiger partial charge in [0.15, 0.2) is 0 Å². The quantitative estimate of drug-likeness (QED) is 0.820. The topological polar surface area (TPSA) is 79.9 Å². The smallest absolute Gasteiger partial charge is 0.319 e. The number of rotatable bonds is 6. The molecule has 1 aliphatic heterocycles. The molecule has 142 valence electrons. The molecule has 7 nitrogen and oxygen atoms in total. The van der Waals surface area contributed by atoms with E-state index in [4.69, 9.17) is 9.47 Å². The zero-order chi connectivity index (χ0) is 19.2. The number of carbonyl (C=O) groups is 2. The monoisotopic (exact) mass is 369 g/mol. The molecule has 0 bridgehead atoms. The lowest BCUT2D eigenvalue weighted by atomic mass is 10.2. The molecule has 7 heteroatoms. The van der Waals surface area contributed by atoms with E-state index in [-0.39, 0.29) is 24.4 Å². The van der Waals surface area contributed by atoms with Gasteiger partial charge in [-0.3, -0.25) is 4.79 Å². The van der Waals surface area contributed by atoms with E-state index in [1.54, 1.807) is 24.1 Å². The lowest BCUT2D eigenvalue weighted by molar-refractivity contribution is -0.117. The molecule has 1 heterocycles. The lowest BCUT2D eigenvalue weighted by Crippen LogP contribution is -2.39. The Morgan fingerprint density at radius 2 is 1.93 bits per heavy atom. The number of amides is 3. The van der Waals surface area contributed by atoms with Crippen LogP contribution in [0, 0.1) is 0 Å².